The van der Waals surface area contributed by atoms with Gasteiger partial charge in [0.15, 0.2) is 0 Å². The van der Waals surface area contributed by atoms with Gasteiger partial charge in [-0.15, -0.1) is 13.2 Å². The predicted molar refractivity (Wildman–Crippen MR) is 107 cm³/mol. The Morgan fingerprint density at radius 3 is 2.53 bits per heavy atom. The Balaban J connectivity index is 1.28. The number of imidazole rings is 1. The number of carbonyl (C=O) groups is 1. The summed E-state index contributed by atoms with van der Waals surface area (Å²) < 4.78 is 60.3. The number of nitrogens with zero attached hydrogens (tertiary/aromatic N) is 2. The average molecular weight is 449 g/mol. The first kappa shape index (κ1) is 20.6. The van der Waals surface area contributed by atoms with Crippen LogP contribution >= 0.6 is 0 Å². The van der Waals surface area contributed by atoms with Gasteiger partial charge in [0.2, 0.25) is 0 Å². The van der Waals surface area contributed by atoms with E-state index < -0.39 is 18.1 Å². The number of ether oxygens (including phenoxy) is 2. The molecule has 5 rings (SSSR count). The molecule has 3 aromatic rings. The van der Waals surface area contributed by atoms with E-state index in [1.165, 1.54) is 35.2 Å². The third kappa shape index (κ3) is 3.96. The first-order chi connectivity index (χ1) is 15.2. The lowest BCUT2D eigenvalue weighted by Gasteiger charge is -2.34. The highest BCUT2D eigenvalue weighted by Gasteiger charge is 2.48. The largest absolute Gasteiger partial charge is 0.573 e. The molecular weight excluding hydrogens is 430 g/mol. The number of hydrogen-bond donors (Lipinski definition) is 1. The Morgan fingerprint density at radius 1 is 1.12 bits per heavy atom. The molecule has 0 unspecified atom stereocenters. The maximum Gasteiger partial charge on any atom is 0.573 e. The molecule has 0 atom stereocenters. The van der Waals surface area contributed by atoms with Crippen molar-refractivity contribution in [3.8, 4) is 5.75 Å². The quantitative estimate of drug-likeness (QED) is 0.525. The summed E-state index contributed by atoms with van der Waals surface area (Å²) in [5, 5.41) is 0. The molecule has 2 fully saturated rings. The van der Waals surface area contributed by atoms with Gasteiger partial charge in [-0.25, -0.2) is 14.2 Å². The van der Waals surface area contributed by atoms with Crippen LogP contribution in [0.1, 0.15) is 37.4 Å². The van der Waals surface area contributed by atoms with Crippen LogP contribution in [0.5, 0.6) is 5.75 Å². The van der Waals surface area contributed by atoms with Crippen LogP contribution in [0, 0.1) is 5.82 Å². The molecule has 1 amide bonds. The molecule has 1 aliphatic heterocycles. The summed E-state index contributed by atoms with van der Waals surface area (Å²) in [6.45, 7) is 0.391. The normalized spacial score (nSPS) is 23.7. The lowest BCUT2D eigenvalue weighted by molar-refractivity contribution is -0.274. The fraction of sp³-hybridized carbons (Fsp3) is 0.364. The number of H-pyrrole nitrogens is 1. The second-order valence-corrected chi connectivity index (χ2v) is 8.24. The van der Waals surface area contributed by atoms with Gasteiger partial charge < -0.3 is 14.5 Å². The van der Waals surface area contributed by atoms with Crippen LogP contribution < -0.4 is 9.64 Å². The van der Waals surface area contributed by atoms with Crippen molar-refractivity contribution in [2.45, 2.75) is 43.6 Å². The van der Waals surface area contributed by atoms with E-state index >= 15 is 0 Å². The smallest absolute Gasteiger partial charge is 0.441 e. The van der Waals surface area contributed by atoms with Crippen LogP contribution in [-0.4, -0.2) is 34.6 Å². The number of aromatic amines is 1. The van der Waals surface area contributed by atoms with Crippen molar-refractivity contribution in [2.24, 2.45) is 0 Å². The Bertz CT molecular complexity index is 1150. The number of nitrogens with one attached hydrogen (secondary N) is 1. The van der Waals surface area contributed by atoms with Gasteiger partial charge in [-0.05, 0) is 62.1 Å². The molecule has 168 valence electrons. The number of carbonyl (C=O) groups excluding carboxylic acids is 1. The number of hydrogen-bond acceptors (Lipinski definition) is 4. The molecule has 2 aliphatic rings. The number of aromatic nitrogens is 2. The van der Waals surface area contributed by atoms with E-state index in [2.05, 4.69) is 14.7 Å². The van der Waals surface area contributed by atoms with Crippen molar-refractivity contribution in [3.05, 3.63) is 54.1 Å². The zero-order valence-corrected chi connectivity index (χ0v) is 16.8. The first-order valence-corrected chi connectivity index (χ1v) is 10.2. The molecule has 1 spiro atoms. The topological polar surface area (TPSA) is 67.5 Å². The number of alkyl halides is 3. The van der Waals surface area contributed by atoms with Crippen molar-refractivity contribution in [1.82, 2.24) is 9.97 Å². The number of fused-ring (bicyclic) bond motifs is 1. The molecule has 1 aliphatic carbocycles. The molecule has 1 saturated carbocycles. The highest BCUT2D eigenvalue weighted by Crippen LogP contribution is 2.43. The van der Waals surface area contributed by atoms with E-state index in [0.717, 1.165) is 0 Å². The summed E-state index contributed by atoms with van der Waals surface area (Å²) in [5.41, 5.74) is 1.01. The first-order valence-electron chi connectivity index (χ1n) is 10.2. The lowest BCUT2D eigenvalue weighted by atomic mass is 9.78. The molecule has 1 N–H and O–H groups in total. The number of rotatable bonds is 3. The Labute approximate surface area is 180 Å². The summed E-state index contributed by atoms with van der Waals surface area (Å²) in [6, 6.07) is 9.71. The van der Waals surface area contributed by atoms with E-state index in [1.54, 1.807) is 12.1 Å². The average Bonchev–Trinajstić information content (AvgIpc) is 3.29. The van der Waals surface area contributed by atoms with Crippen molar-refractivity contribution >= 4 is 22.8 Å². The Kier molecular flexibility index (Phi) is 4.75. The van der Waals surface area contributed by atoms with Crippen LogP contribution in [0.4, 0.5) is 28.0 Å². The van der Waals surface area contributed by atoms with Crippen LogP contribution in [0.3, 0.4) is 0 Å². The molecule has 2 aromatic carbocycles. The highest BCUT2D eigenvalue weighted by molar-refractivity contribution is 5.90. The van der Waals surface area contributed by atoms with E-state index in [0.29, 0.717) is 54.8 Å². The van der Waals surface area contributed by atoms with Gasteiger partial charge in [0.1, 0.15) is 23.0 Å². The third-order valence-corrected chi connectivity index (χ3v) is 6.10. The second-order valence-electron chi connectivity index (χ2n) is 8.24. The molecule has 0 radical (unpaired) electrons. The zero-order chi connectivity index (χ0) is 22.5. The zero-order valence-electron chi connectivity index (χ0n) is 16.8. The SMILES string of the molecule is O=C1OC2(CCC(c3nc4cc(OC(F)(F)F)ccc4[nH]3)CC2)CN1c1ccc(F)cc1. The van der Waals surface area contributed by atoms with Gasteiger partial charge >= 0.3 is 12.5 Å². The second kappa shape index (κ2) is 7.39. The monoisotopic (exact) mass is 449 g/mol. The summed E-state index contributed by atoms with van der Waals surface area (Å²) >= 11 is 0. The van der Waals surface area contributed by atoms with Crippen LogP contribution in [0.2, 0.25) is 0 Å². The predicted octanol–water partition coefficient (Wildman–Crippen LogP) is 5.65. The van der Waals surface area contributed by atoms with Crippen molar-refractivity contribution in [1.29, 1.82) is 0 Å². The third-order valence-electron chi connectivity index (χ3n) is 6.10. The molecule has 0 bridgehead atoms. The minimum atomic E-state index is -4.76. The number of halogens is 4. The van der Waals surface area contributed by atoms with E-state index in [4.69, 9.17) is 4.74 Å². The van der Waals surface area contributed by atoms with Gasteiger partial charge in [-0.1, -0.05) is 0 Å². The summed E-state index contributed by atoms with van der Waals surface area (Å²) in [6.07, 6.45) is -2.55. The van der Waals surface area contributed by atoms with Gasteiger partial charge in [-0.3, -0.25) is 4.90 Å². The summed E-state index contributed by atoms with van der Waals surface area (Å²) in [4.78, 5) is 21.6. The fourth-order valence-corrected chi connectivity index (χ4v) is 4.52. The number of anilines is 1. The molecule has 32 heavy (non-hydrogen) atoms. The maximum atomic E-state index is 13.2. The molecule has 2 heterocycles. The fourth-order valence-electron chi connectivity index (χ4n) is 4.52. The molecule has 6 nitrogen and oxygen atoms in total. The van der Waals surface area contributed by atoms with Gasteiger partial charge in [0, 0.05) is 17.7 Å². The van der Waals surface area contributed by atoms with Crippen molar-refractivity contribution < 1.29 is 31.8 Å². The van der Waals surface area contributed by atoms with E-state index in [9.17, 15) is 22.4 Å². The van der Waals surface area contributed by atoms with E-state index in [1.807, 2.05) is 0 Å². The molecular formula is C22H19F4N3O3. The molecule has 1 saturated heterocycles. The lowest BCUT2D eigenvalue weighted by Crippen LogP contribution is -2.38. The standard InChI is InChI=1S/C22H19F4N3O3/c23-14-1-3-15(4-2-14)29-12-21(32-20(29)30)9-7-13(8-10-21)19-27-17-6-5-16(11-18(17)28-19)31-22(24,25)26/h1-6,11,13H,7-10,12H2,(H,27,28). The van der Waals surface area contributed by atoms with Crippen LogP contribution in [0.15, 0.2) is 42.5 Å². The molecule has 10 heteroatoms. The van der Waals surface area contributed by atoms with E-state index in [-0.39, 0.29) is 17.5 Å². The van der Waals surface area contributed by atoms with Gasteiger partial charge in [-0.2, -0.15) is 0 Å². The minimum absolute atomic E-state index is 0.0681. The van der Waals surface area contributed by atoms with Gasteiger partial charge in [0.25, 0.3) is 0 Å². The van der Waals surface area contributed by atoms with Crippen LogP contribution in [-0.2, 0) is 4.74 Å². The highest BCUT2D eigenvalue weighted by atomic mass is 19.4. The Hall–Kier alpha value is -3.30. The number of amides is 1. The van der Waals surface area contributed by atoms with Gasteiger partial charge in [0.05, 0.1) is 17.6 Å². The maximum absolute atomic E-state index is 13.2. The molecule has 1 aromatic heterocycles. The minimum Gasteiger partial charge on any atom is -0.441 e. The van der Waals surface area contributed by atoms with Crippen LogP contribution in [0.25, 0.3) is 11.0 Å². The Morgan fingerprint density at radius 2 is 1.84 bits per heavy atom. The number of benzene rings is 2. The summed E-state index contributed by atoms with van der Waals surface area (Å²) in [5.74, 6) is 0.0705. The van der Waals surface area contributed by atoms with Crippen molar-refractivity contribution in [3.63, 3.8) is 0 Å². The van der Waals surface area contributed by atoms with Crippen molar-refractivity contribution in [2.75, 3.05) is 11.4 Å². The summed E-state index contributed by atoms with van der Waals surface area (Å²) in [7, 11) is 0.